The smallest absolute Gasteiger partial charge is 0.317 e. The third-order valence-corrected chi connectivity index (χ3v) is 3.49. The average molecular weight is 211 g/mol. The Morgan fingerprint density at radius 1 is 1.53 bits per heavy atom. The van der Waals surface area contributed by atoms with Crippen LogP contribution < -0.4 is 11.1 Å². The quantitative estimate of drug-likeness (QED) is 0.729. The Morgan fingerprint density at radius 2 is 2.20 bits per heavy atom. The zero-order valence-electron chi connectivity index (χ0n) is 9.41. The lowest BCUT2D eigenvalue weighted by molar-refractivity contribution is 0.215. The topological polar surface area (TPSA) is 58.4 Å². The minimum atomic E-state index is 0.0677. The van der Waals surface area contributed by atoms with E-state index in [0.717, 1.165) is 6.54 Å². The molecule has 15 heavy (non-hydrogen) atoms. The van der Waals surface area contributed by atoms with Crippen LogP contribution in [0.5, 0.6) is 0 Å². The first-order chi connectivity index (χ1) is 7.16. The van der Waals surface area contributed by atoms with E-state index in [1.807, 2.05) is 11.8 Å². The molecule has 0 aromatic heterocycles. The molecular weight excluding hydrogens is 190 g/mol. The van der Waals surface area contributed by atoms with Gasteiger partial charge in [0.2, 0.25) is 0 Å². The van der Waals surface area contributed by atoms with Crippen LogP contribution in [0.15, 0.2) is 0 Å². The molecule has 2 amide bonds. The average Bonchev–Trinajstić information content (AvgIpc) is 2.75. The predicted molar refractivity (Wildman–Crippen MR) is 59.5 cm³/mol. The highest BCUT2D eigenvalue weighted by molar-refractivity contribution is 5.77. The minimum absolute atomic E-state index is 0.0677. The summed E-state index contributed by atoms with van der Waals surface area (Å²) in [6.07, 6.45) is 5.20. The summed E-state index contributed by atoms with van der Waals surface area (Å²) in [5, 5.41) is 3.08. The standard InChI is InChI=1S/C11H21N3O/c1-8(12)6-14-7-10(13-11(14)15)9-4-2-3-5-9/h8-10H,2-7,12H2,1H3,(H,13,15). The Kier molecular flexibility index (Phi) is 3.14. The molecule has 0 aromatic rings. The van der Waals surface area contributed by atoms with E-state index in [2.05, 4.69) is 5.32 Å². The van der Waals surface area contributed by atoms with Gasteiger partial charge in [-0.2, -0.15) is 0 Å². The molecule has 0 spiro atoms. The second-order valence-corrected chi connectivity index (χ2v) is 4.98. The van der Waals surface area contributed by atoms with Crippen LogP contribution in [0.1, 0.15) is 32.6 Å². The number of carbonyl (C=O) groups excluding carboxylic acids is 1. The Hall–Kier alpha value is -0.770. The van der Waals surface area contributed by atoms with Crippen LogP contribution in [0.3, 0.4) is 0 Å². The summed E-state index contributed by atoms with van der Waals surface area (Å²) in [5.74, 6) is 0.701. The second kappa shape index (κ2) is 4.39. The number of hydrogen-bond donors (Lipinski definition) is 2. The molecular formula is C11H21N3O. The van der Waals surface area contributed by atoms with Crippen molar-refractivity contribution >= 4 is 6.03 Å². The molecule has 86 valence electrons. The van der Waals surface area contributed by atoms with Gasteiger partial charge in [0.25, 0.3) is 0 Å². The first-order valence-corrected chi connectivity index (χ1v) is 5.98. The van der Waals surface area contributed by atoms with Crippen molar-refractivity contribution in [3.8, 4) is 0 Å². The molecule has 2 atom stereocenters. The Labute approximate surface area is 91.2 Å². The van der Waals surface area contributed by atoms with Gasteiger partial charge in [-0.25, -0.2) is 4.79 Å². The maximum absolute atomic E-state index is 11.6. The van der Waals surface area contributed by atoms with Crippen molar-refractivity contribution in [2.75, 3.05) is 13.1 Å². The largest absolute Gasteiger partial charge is 0.333 e. The van der Waals surface area contributed by atoms with E-state index in [0.29, 0.717) is 18.5 Å². The van der Waals surface area contributed by atoms with Crippen LogP contribution in [-0.2, 0) is 0 Å². The van der Waals surface area contributed by atoms with E-state index >= 15 is 0 Å². The molecule has 0 radical (unpaired) electrons. The third kappa shape index (κ3) is 2.43. The van der Waals surface area contributed by atoms with E-state index in [-0.39, 0.29) is 12.1 Å². The van der Waals surface area contributed by atoms with Crippen molar-refractivity contribution < 1.29 is 4.79 Å². The van der Waals surface area contributed by atoms with Crippen molar-refractivity contribution in [2.24, 2.45) is 11.7 Å². The number of rotatable bonds is 3. The van der Waals surface area contributed by atoms with Gasteiger partial charge < -0.3 is 16.0 Å². The molecule has 1 saturated carbocycles. The van der Waals surface area contributed by atoms with Crippen molar-refractivity contribution in [2.45, 2.75) is 44.7 Å². The van der Waals surface area contributed by atoms with E-state index in [1.54, 1.807) is 0 Å². The minimum Gasteiger partial charge on any atom is -0.333 e. The van der Waals surface area contributed by atoms with Crippen molar-refractivity contribution in [3.63, 3.8) is 0 Å². The van der Waals surface area contributed by atoms with E-state index < -0.39 is 0 Å². The van der Waals surface area contributed by atoms with E-state index in [9.17, 15) is 4.79 Å². The number of nitrogens with one attached hydrogen (secondary N) is 1. The van der Waals surface area contributed by atoms with Gasteiger partial charge in [0, 0.05) is 19.1 Å². The Bertz CT molecular complexity index is 236. The van der Waals surface area contributed by atoms with Crippen LogP contribution in [0, 0.1) is 5.92 Å². The van der Waals surface area contributed by atoms with Gasteiger partial charge in [-0.15, -0.1) is 0 Å². The molecule has 3 N–H and O–H groups in total. The Balaban J connectivity index is 1.88. The molecule has 4 heteroatoms. The first-order valence-electron chi connectivity index (χ1n) is 5.98. The van der Waals surface area contributed by atoms with E-state index in [4.69, 9.17) is 5.73 Å². The van der Waals surface area contributed by atoms with Crippen LogP contribution in [-0.4, -0.2) is 36.1 Å². The first kappa shape index (κ1) is 10.7. The predicted octanol–water partition coefficient (Wildman–Crippen LogP) is 0.918. The fraction of sp³-hybridized carbons (Fsp3) is 0.909. The monoisotopic (exact) mass is 211 g/mol. The van der Waals surface area contributed by atoms with Gasteiger partial charge in [-0.3, -0.25) is 0 Å². The van der Waals surface area contributed by atoms with Gasteiger partial charge >= 0.3 is 6.03 Å². The molecule has 2 rings (SSSR count). The van der Waals surface area contributed by atoms with Gasteiger partial charge in [-0.1, -0.05) is 12.8 Å². The molecule has 2 aliphatic rings. The summed E-state index contributed by atoms with van der Waals surface area (Å²) in [4.78, 5) is 13.5. The highest BCUT2D eigenvalue weighted by atomic mass is 16.2. The van der Waals surface area contributed by atoms with Crippen LogP contribution >= 0.6 is 0 Å². The SMILES string of the molecule is CC(N)CN1CC(C2CCCC2)NC1=O. The highest BCUT2D eigenvalue weighted by Gasteiger charge is 2.35. The molecule has 1 aliphatic carbocycles. The fourth-order valence-corrected chi connectivity index (χ4v) is 2.75. The van der Waals surface area contributed by atoms with Crippen LogP contribution in [0.4, 0.5) is 4.79 Å². The number of amides is 2. The number of nitrogens with two attached hydrogens (primary N) is 1. The zero-order chi connectivity index (χ0) is 10.8. The molecule has 2 fully saturated rings. The maximum Gasteiger partial charge on any atom is 0.317 e. The lowest BCUT2D eigenvalue weighted by atomic mass is 9.99. The van der Waals surface area contributed by atoms with Gasteiger partial charge in [0.05, 0.1) is 6.04 Å². The fourth-order valence-electron chi connectivity index (χ4n) is 2.75. The van der Waals surface area contributed by atoms with Gasteiger partial charge in [0.1, 0.15) is 0 Å². The molecule has 1 heterocycles. The second-order valence-electron chi connectivity index (χ2n) is 4.98. The third-order valence-electron chi connectivity index (χ3n) is 3.49. The number of hydrogen-bond acceptors (Lipinski definition) is 2. The zero-order valence-corrected chi connectivity index (χ0v) is 9.41. The summed E-state index contributed by atoms with van der Waals surface area (Å²) < 4.78 is 0. The molecule has 1 saturated heterocycles. The van der Waals surface area contributed by atoms with Crippen LogP contribution in [0.25, 0.3) is 0 Å². The number of nitrogens with zero attached hydrogens (tertiary/aromatic N) is 1. The number of urea groups is 1. The van der Waals surface area contributed by atoms with E-state index in [1.165, 1.54) is 25.7 Å². The molecule has 4 nitrogen and oxygen atoms in total. The highest BCUT2D eigenvalue weighted by Crippen LogP contribution is 2.29. The normalized spacial score (nSPS) is 29.6. The van der Waals surface area contributed by atoms with Gasteiger partial charge in [0.15, 0.2) is 0 Å². The lowest BCUT2D eigenvalue weighted by Crippen LogP contribution is -2.37. The molecule has 0 bridgehead atoms. The maximum atomic E-state index is 11.6. The summed E-state index contributed by atoms with van der Waals surface area (Å²) in [6, 6.07) is 0.515. The molecule has 1 aliphatic heterocycles. The summed E-state index contributed by atoms with van der Waals surface area (Å²) in [7, 11) is 0. The van der Waals surface area contributed by atoms with Crippen LogP contribution in [0.2, 0.25) is 0 Å². The summed E-state index contributed by atoms with van der Waals surface area (Å²) >= 11 is 0. The molecule has 0 aromatic carbocycles. The summed E-state index contributed by atoms with van der Waals surface area (Å²) in [6.45, 7) is 3.47. The van der Waals surface area contributed by atoms with Crippen molar-refractivity contribution in [1.29, 1.82) is 0 Å². The van der Waals surface area contributed by atoms with Crippen molar-refractivity contribution in [1.82, 2.24) is 10.2 Å². The van der Waals surface area contributed by atoms with Gasteiger partial charge in [-0.05, 0) is 25.7 Å². The number of carbonyl (C=O) groups is 1. The summed E-state index contributed by atoms with van der Waals surface area (Å²) in [5.41, 5.74) is 5.71. The lowest BCUT2D eigenvalue weighted by Gasteiger charge is -2.19. The molecule has 2 unspecified atom stereocenters. The van der Waals surface area contributed by atoms with Crippen molar-refractivity contribution in [3.05, 3.63) is 0 Å². The Morgan fingerprint density at radius 3 is 2.80 bits per heavy atom.